The number of likely N-dealkylation sites (tertiary alicyclic amines) is 1. The van der Waals surface area contributed by atoms with Gasteiger partial charge in [-0.3, -0.25) is 9.59 Å². The van der Waals surface area contributed by atoms with Gasteiger partial charge in [0.25, 0.3) is 5.91 Å². The van der Waals surface area contributed by atoms with Crippen LogP contribution in [0.1, 0.15) is 44.0 Å². The average Bonchev–Trinajstić information content (AvgIpc) is 2.63. The minimum absolute atomic E-state index is 0.0711. The van der Waals surface area contributed by atoms with E-state index in [0.29, 0.717) is 31.1 Å². The molecule has 3 amide bonds. The van der Waals surface area contributed by atoms with Gasteiger partial charge in [0.05, 0.1) is 5.56 Å². The summed E-state index contributed by atoms with van der Waals surface area (Å²) in [6.07, 6.45) is 1.04. The topological polar surface area (TPSA) is 87.7 Å². The van der Waals surface area contributed by atoms with Crippen LogP contribution in [0.5, 0.6) is 0 Å². The van der Waals surface area contributed by atoms with Gasteiger partial charge in [-0.25, -0.2) is 4.79 Å². The highest BCUT2D eigenvalue weighted by Gasteiger charge is 2.24. The molecule has 154 valence electrons. The van der Waals surface area contributed by atoms with E-state index in [0.717, 1.165) is 17.3 Å². The fourth-order valence-corrected chi connectivity index (χ4v) is 3.40. The molecule has 7 nitrogen and oxygen atoms in total. The van der Waals surface area contributed by atoms with E-state index >= 15 is 0 Å². The molecule has 1 heterocycles. The molecule has 0 unspecified atom stereocenters. The van der Waals surface area contributed by atoms with Gasteiger partial charge in [0.1, 0.15) is 12.1 Å². The number of amides is 3. The van der Waals surface area contributed by atoms with Gasteiger partial charge in [-0.05, 0) is 67.6 Å². The zero-order valence-corrected chi connectivity index (χ0v) is 18.2. The van der Waals surface area contributed by atoms with E-state index in [1.165, 1.54) is 0 Å². The first-order valence-electron chi connectivity index (χ1n) is 9.43. The predicted octanol–water partition coefficient (Wildman–Crippen LogP) is 2.94. The van der Waals surface area contributed by atoms with Crippen molar-refractivity contribution in [3.05, 3.63) is 34.3 Å². The molecule has 8 heteroatoms. The van der Waals surface area contributed by atoms with Crippen molar-refractivity contribution in [2.24, 2.45) is 5.92 Å². The van der Waals surface area contributed by atoms with Crippen molar-refractivity contribution >= 4 is 33.8 Å². The lowest BCUT2D eigenvalue weighted by Gasteiger charge is -2.32. The monoisotopic (exact) mass is 453 g/mol. The molecule has 1 aliphatic heterocycles. The van der Waals surface area contributed by atoms with E-state index in [-0.39, 0.29) is 18.4 Å². The average molecular weight is 454 g/mol. The molecule has 0 aromatic heterocycles. The zero-order chi connectivity index (χ0) is 20.7. The predicted molar refractivity (Wildman–Crippen MR) is 110 cm³/mol. The second kappa shape index (κ2) is 9.91. The van der Waals surface area contributed by atoms with Crippen molar-refractivity contribution < 1.29 is 19.1 Å². The van der Waals surface area contributed by atoms with Gasteiger partial charge < -0.3 is 20.3 Å². The quantitative estimate of drug-likeness (QED) is 0.716. The molecule has 2 N–H and O–H groups in total. The molecule has 0 spiro atoms. The number of alkyl carbamates (subject to hydrolysis) is 1. The second-order valence-electron chi connectivity index (χ2n) is 7.87. The summed E-state index contributed by atoms with van der Waals surface area (Å²) in [7, 11) is 0. The largest absolute Gasteiger partial charge is 0.444 e. The van der Waals surface area contributed by atoms with Crippen molar-refractivity contribution in [1.29, 1.82) is 0 Å². The molecule has 0 atom stereocenters. The minimum Gasteiger partial charge on any atom is -0.444 e. The summed E-state index contributed by atoms with van der Waals surface area (Å²) < 4.78 is 5.90. The molecule has 1 fully saturated rings. The van der Waals surface area contributed by atoms with Gasteiger partial charge in [-0.1, -0.05) is 12.1 Å². The third-order valence-corrected chi connectivity index (χ3v) is 5.11. The number of halogens is 1. The first-order chi connectivity index (χ1) is 13.2. The molecule has 28 heavy (non-hydrogen) atoms. The van der Waals surface area contributed by atoms with Crippen LogP contribution in [0.25, 0.3) is 0 Å². The molecule has 0 saturated carbocycles. The number of piperidine rings is 1. The number of carbonyl (C=O) groups excluding carboxylic acids is 3. The lowest BCUT2D eigenvalue weighted by molar-refractivity contribution is -0.131. The van der Waals surface area contributed by atoms with Crippen LogP contribution in [-0.2, 0) is 9.53 Å². The Morgan fingerprint density at radius 3 is 2.39 bits per heavy atom. The van der Waals surface area contributed by atoms with Crippen LogP contribution < -0.4 is 10.6 Å². The summed E-state index contributed by atoms with van der Waals surface area (Å²) in [6.45, 7) is 7.06. The third-order valence-electron chi connectivity index (χ3n) is 4.42. The molecule has 0 radical (unpaired) electrons. The summed E-state index contributed by atoms with van der Waals surface area (Å²) in [5.41, 5.74) is 0.0222. The number of benzene rings is 1. The molecule has 0 aliphatic carbocycles. The Labute approximate surface area is 174 Å². The molecular weight excluding hydrogens is 426 g/mol. The van der Waals surface area contributed by atoms with Crippen molar-refractivity contribution in [1.82, 2.24) is 15.5 Å². The van der Waals surface area contributed by atoms with Gasteiger partial charge in [0.2, 0.25) is 5.91 Å². The van der Waals surface area contributed by atoms with E-state index in [2.05, 4.69) is 26.6 Å². The van der Waals surface area contributed by atoms with Crippen LogP contribution in [0.2, 0.25) is 0 Å². The number of rotatable bonds is 5. The van der Waals surface area contributed by atoms with Gasteiger partial charge in [0, 0.05) is 24.1 Å². The van der Waals surface area contributed by atoms with Crippen LogP contribution in [0.4, 0.5) is 4.79 Å². The maximum absolute atomic E-state index is 12.3. The van der Waals surface area contributed by atoms with Crippen molar-refractivity contribution in [3.63, 3.8) is 0 Å². The summed E-state index contributed by atoms with van der Waals surface area (Å²) in [5.74, 6) is 0.100. The summed E-state index contributed by atoms with van der Waals surface area (Å²) >= 11 is 3.38. The summed E-state index contributed by atoms with van der Waals surface area (Å²) in [4.78, 5) is 37.9. The number of hydrogen-bond donors (Lipinski definition) is 2. The fourth-order valence-electron chi connectivity index (χ4n) is 2.94. The molecule has 0 bridgehead atoms. The molecule has 1 aromatic carbocycles. The van der Waals surface area contributed by atoms with Crippen LogP contribution in [0.3, 0.4) is 0 Å². The normalized spacial score (nSPS) is 15.1. The summed E-state index contributed by atoms with van der Waals surface area (Å²) in [5, 5.41) is 5.47. The first kappa shape index (κ1) is 22.2. The molecule has 1 saturated heterocycles. The van der Waals surface area contributed by atoms with Gasteiger partial charge in [-0.2, -0.15) is 0 Å². The number of nitrogens with one attached hydrogen (secondary N) is 2. The van der Waals surface area contributed by atoms with E-state index in [9.17, 15) is 14.4 Å². The Hall–Kier alpha value is -2.09. The number of ether oxygens (including phenoxy) is 1. The maximum atomic E-state index is 12.3. The maximum Gasteiger partial charge on any atom is 0.408 e. The van der Waals surface area contributed by atoms with Gasteiger partial charge >= 0.3 is 6.09 Å². The van der Waals surface area contributed by atoms with Crippen LogP contribution in [-0.4, -0.2) is 54.6 Å². The Bertz CT molecular complexity index is 710. The van der Waals surface area contributed by atoms with Gasteiger partial charge in [0.15, 0.2) is 0 Å². The highest BCUT2D eigenvalue weighted by atomic mass is 79.9. The summed E-state index contributed by atoms with van der Waals surface area (Å²) in [6, 6.07) is 7.31. The minimum atomic E-state index is -0.592. The molecule has 1 aromatic rings. The Morgan fingerprint density at radius 1 is 1.14 bits per heavy atom. The Balaban J connectivity index is 1.69. The zero-order valence-electron chi connectivity index (χ0n) is 16.6. The van der Waals surface area contributed by atoms with E-state index in [1.807, 2.05) is 18.2 Å². The Morgan fingerprint density at radius 2 is 1.79 bits per heavy atom. The van der Waals surface area contributed by atoms with Gasteiger partial charge in [-0.15, -0.1) is 0 Å². The number of nitrogens with zero attached hydrogens (tertiary/aromatic N) is 1. The Kier molecular flexibility index (Phi) is 7.86. The molecule has 1 aliphatic rings. The van der Waals surface area contributed by atoms with E-state index < -0.39 is 11.7 Å². The van der Waals surface area contributed by atoms with Crippen LogP contribution in [0.15, 0.2) is 28.7 Å². The second-order valence-corrected chi connectivity index (χ2v) is 8.72. The van der Waals surface area contributed by atoms with E-state index in [1.54, 1.807) is 31.7 Å². The third kappa shape index (κ3) is 7.14. The van der Waals surface area contributed by atoms with Crippen molar-refractivity contribution in [2.75, 3.05) is 26.2 Å². The number of carbonyl (C=O) groups is 3. The van der Waals surface area contributed by atoms with Crippen LogP contribution in [0, 0.1) is 5.92 Å². The highest BCUT2D eigenvalue weighted by Crippen LogP contribution is 2.18. The highest BCUT2D eigenvalue weighted by molar-refractivity contribution is 9.10. The van der Waals surface area contributed by atoms with E-state index in [4.69, 9.17) is 4.74 Å². The molecular formula is C20H28BrN3O4. The standard InChI is InChI=1S/C20H28BrN3O4/c1-20(2,3)28-19(27)23-13-17(25)24-10-8-14(9-11-24)12-22-18(26)15-6-4-5-7-16(15)21/h4-7,14H,8-13H2,1-3H3,(H,22,26)(H,23,27). The lowest BCUT2D eigenvalue weighted by Crippen LogP contribution is -2.46. The fraction of sp³-hybridized carbons (Fsp3) is 0.550. The lowest BCUT2D eigenvalue weighted by atomic mass is 9.96. The first-order valence-corrected chi connectivity index (χ1v) is 10.2. The molecule has 2 rings (SSSR count). The smallest absolute Gasteiger partial charge is 0.408 e. The van der Waals surface area contributed by atoms with Crippen LogP contribution >= 0.6 is 15.9 Å². The SMILES string of the molecule is CC(C)(C)OC(=O)NCC(=O)N1CCC(CNC(=O)c2ccccc2Br)CC1. The van der Waals surface area contributed by atoms with Crippen molar-refractivity contribution in [3.8, 4) is 0 Å². The number of hydrogen-bond acceptors (Lipinski definition) is 4. The van der Waals surface area contributed by atoms with Crippen molar-refractivity contribution in [2.45, 2.75) is 39.2 Å².